The fourth-order valence-corrected chi connectivity index (χ4v) is 2.47. The summed E-state index contributed by atoms with van der Waals surface area (Å²) in [5, 5.41) is 0. The lowest BCUT2D eigenvalue weighted by Gasteiger charge is -2.08. The highest BCUT2D eigenvalue weighted by molar-refractivity contribution is 6.13. The molecule has 124 valence electrons. The van der Waals surface area contributed by atoms with Crippen LogP contribution in [-0.4, -0.2) is 18.2 Å². The molecule has 0 N–H and O–H groups in total. The molecule has 3 heteroatoms. The van der Waals surface area contributed by atoms with E-state index in [4.69, 9.17) is 4.74 Å². The van der Waals surface area contributed by atoms with Gasteiger partial charge < -0.3 is 4.74 Å². The number of rotatable bonds is 6. The van der Waals surface area contributed by atoms with E-state index in [9.17, 15) is 4.79 Å². The molecule has 3 nitrogen and oxygen atoms in total. The zero-order chi connectivity index (χ0) is 17.3. The summed E-state index contributed by atoms with van der Waals surface area (Å²) < 4.78 is 5.30. The first kappa shape index (κ1) is 16.7. The Morgan fingerprint density at radius 3 is 1.72 bits per heavy atom. The van der Waals surface area contributed by atoms with Crippen LogP contribution in [0.4, 0.5) is 0 Å². The number of nitrogens with zero attached hydrogens (tertiary/aromatic N) is 1. The maximum absolute atomic E-state index is 12.1. The summed E-state index contributed by atoms with van der Waals surface area (Å²) in [6.45, 7) is 0.257. The van der Waals surface area contributed by atoms with Crippen LogP contribution in [0.3, 0.4) is 0 Å². The highest BCUT2D eigenvalue weighted by Gasteiger charge is 2.08. The fraction of sp³-hybridized carbons (Fsp3) is 0.0909. The van der Waals surface area contributed by atoms with E-state index in [1.54, 1.807) is 0 Å². The van der Waals surface area contributed by atoms with Crippen molar-refractivity contribution in [2.75, 3.05) is 6.54 Å². The lowest BCUT2D eigenvalue weighted by Crippen LogP contribution is -2.12. The number of ether oxygens (including phenoxy) is 1. The zero-order valence-electron chi connectivity index (χ0n) is 13.8. The summed E-state index contributed by atoms with van der Waals surface area (Å²) >= 11 is 0. The summed E-state index contributed by atoms with van der Waals surface area (Å²) in [7, 11) is 0. The first-order valence-corrected chi connectivity index (χ1v) is 8.18. The van der Waals surface area contributed by atoms with E-state index in [0.29, 0.717) is 0 Å². The predicted molar refractivity (Wildman–Crippen MR) is 99.6 cm³/mol. The van der Waals surface area contributed by atoms with Crippen molar-refractivity contribution in [3.8, 4) is 0 Å². The Bertz CT molecular complexity index is 786. The number of hydrogen-bond donors (Lipinski definition) is 0. The van der Waals surface area contributed by atoms with Crippen molar-refractivity contribution in [3.05, 3.63) is 108 Å². The molecule has 0 saturated heterocycles. The maximum atomic E-state index is 12.1. The smallest absolute Gasteiger partial charge is 0.328 e. The molecule has 0 bridgehead atoms. The van der Waals surface area contributed by atoms with Gasteiger partial charge in [0.1, 0.15) is 13.2 Å². The Morgan fingerprint density at radius 1 is 0.720 bits per heavy atom. The van der Waals surface area contributed by atoms with Gasteiger partial charge in [0.2, 0.25) is 0 Å². The summed E-state index contributed by atoms with van der Waals surface area (Å²) in [5.74, 6) is -0.340. The molecule has 3 aromatic carbocycles. The Labute approximate surface area is 147 Å². The monoisotopic (exact) mass is 329 g/mol. The van der Waals surface area contributed by atoms with Crippen molar-refractivity contribution in [1.82, 2.24) is 0 Å². The predicted octanol–water partition coefficient (Wildman–Crippen LogP) is 4.27. The van der Waals surface area contributed by atoms with Gasteiger partial charge in [0, 0.05) is 11.1 Å². The Morgan fingerprint density at radius 2 is 1.20 bits per heavy atom. The van der Waals surface area contributed by atoms with Crippen molar-refractivity contribution in [2.45, 2.75) is 6.61 Å². The quantitative estimate of drug-likeness (QED) is 0.500. The number of benzene rings is 3. The minimum atomic E-state index is -0.340. The van der Waals surface area contributed by atoms with Gasteiger partial charge in [-0.25, -0.2) is 0 Å². The third kappa shape index (κ3) is 4.88. The highest BCUT2D eigenvalue weighted by Crippen LogP contribution is 2.11. The van der Waals surface area contributed by atoms with Crippen molar-refractivity contribution in [2.24, 2.45) is 4.99 Å². The van der Waals surface area contributed by atoms with Gasteiger partial charge in [-0.05, 0) is 5.56 Å². The van der Waals surface area contributed by atoms with Crippen LogP contribution < -0.4 is 0 Å². The van der Waals surface area contributed by atoms with Crippen molar-refractivity contribution in [3.63, 3.8) is 0 Å². The van der Waals surface area contributed by atoms with Crippen molar-refractivity contribution in [1.29, 1.82) is 0 Å². The van der Waals surface area contributed by atoms with Crippen LogP contribution in [0.1, 0.15) is 16.7 Å². The van der Waals surface area contributed by atoms with E-state index >= 15 is 0 Å². The first-order valence-electron chi connectivity index (χ1n) is 8.18. The molecule has 0 aliphatic rings. The molecule has 3 rings (SSSR count). The fourth-order valence-electron chi connectivity index (χ4n) is 2.47. The number of aliphatic imine (C=N–C) groups is 1. The van der Waals surface area contributed by atoms with Gasteiger partial charge in [-0.2, -0.15) is 0 Å². The van der Waals surface area contributed by atoms with Gasteiger partial charge in [-0.1, -0.05) is 91.0 Å². The van der Waals surface area contributed by atoms with Crippen LogP contribution in [0.5, 0.6) is 0 Å². The molecule has 0 aromatic heterocycles. The molecule has 0 amide bonds. The molecule has 0 unspecified atom stereocenters. The lowest BCUT2D eigenvalue weighted by molar-refractivity contribution is -0.143. The van der Waals surface area contributed by atoms with Gasteiger partial charge in [-0.15, -0.1) is 0 Å². The van der Waals surface area contributed by atoms with Crippen LogP contribution in [-0.2, 0) is 16.1 Å². The molecule has 0 atom stereocenters. The Kier molecular flexibility index (Phi) is 5.73. The Hall–Kier alpha value is -3.20. The minimum absolute atomic E-state index is 0.00798. The summed E-state index contributed by atoms with van der Waals surface area (Å²) in [4.78, 5) is 16.6. The van der Waals surface area contributed by atoms with E-state index < -0.39 is 0 Å². The summed E-state index contributed by atoms with van der Waals surface area (Å²) in [6, 6.07) is 29.3. The number of carbonyl (C=O) groups excluding carboxylic acids is 1. The standard InChI is InChI=1S/C22H19NO2/c24-21(25-17-18-10-4-1-5-11-18)16-23-22(19-12-6-2-7-13-19)20-14-8-3-9-15-20/h1-15H,16-17H2. The maximum Gasteiger partial charge on any atom is 0.328 e. The van der Waals surface area contributed by atoms with Crippen LogP contribution in [0, 0.1) is 0 Å². The third-order valence-electron chi connectivity index (χ3n) is 3.70. The second-order valence-electron chi connectivity index (χ2n) is 5.54. The van der Waals surface area contributed by atoms with Crippen LogP contribution in [0.2, 0.25) is 0 Å². The lowest BCUT2D eigenvalue weighted by atomic mass is 10.0. The molecule has 25 heavy (non-hydrogen) atoms. The van der Waals surface area contributed by atoms with Crippen molar-refractivity contribution >= 4 is 11.7 Å². The molecular weight excluding hydrogens is 310 g/mol. The zero-order valence-corrected chi connectivity index (χ0v) is 13.8. The normalized spacial score (nSPS) is 10.1. The summed E-state index contributed by atoms with van der Waals surface area (Å²) in [6.07, 6.45) is 0. The van der Waals surface area contributed by atoms with Crippen LogP contribution in [0.15, 0.2) is 96.0 Å². The van der Waals surface area contributed by atoms with E-state index in [-0.39, 0.29) is 19.1 Å². The molecule has 0 saturated carbocycles. The number of hydrogen-bond acceptors (Lipinski definition) is 3. The van der Waals surface area contributed by atoms with Gasteiger partial charge >= 0.3 is 5.97 Å². The third-order valence-corrected chi connectivity index (χ3v) is 3.70. The minimum Gasteiger partial charge on any atom is -0.459 e. The van der Waals surface area contributed by atoms with Crippen LogP contribution in [0.25, 0.3) is 0 Å². The molecule has 0 spiro atoms. The average molecular weight is 329 g/mol. The second-order valence-corrected chi connectivity index (χ2v) is 5.54. The molecule has 3 aromatic rings. The van der Waals surface area contributed by atoms with E-state index in [1.807, 2.05) is 91.0 Å². The van der Waals surface area contributed by atoms with E-state index in [2.05, 4.69) is 4.99 Å². The summed E-state index contributed by atoms with van der Waals surface area (Å²) in [5.41, 5.74) is 3.71. The van der Waals surface area contributed by atoms with E-state index in [1.165, 1.54) is 0 Å². The molecular formula is C22H19NO2. The molecule has 0 fully saturated rings. The SMILES string of the molecule is O=C(CN=C(c1ccccc1)c1ccccc1)OCc1ccccc1. The van der Waals surface area contributed by atoms with Gasteiger partial charge in [0.25, 0.3) is 0 Å². The van der Waals surface area contributed by atoms with Crippen molar-refractivity contribution < 1.29 is 9.53 Å². The van der Waals surface area contributed by atoms with Gasteiger partial charge in [0.15, 0.2) is 0 Å². The average Bonchev–Trinajstić information content (AvgIpc) is 2.69. The van der Waals surface area contributed by atoms with Gasteiger partial charge in [0.05, 0.1) is 5.71 Å². The molecule has 0 radical (unpaired) electrons. The Balaban J connectivity index is 1.72. The second kappa shape index (κ2) is 8.60. The topological polar surface area (TPSA) is 38.7 Å². The molecule has 0 aliphatic carbocycles. The number of carbonyl (C=O) groups is 1. The largest absolute Gasteiger partial charge is 0.459 e. The molecule has 0 aliphatic heterocycles. The number of esters is 1. The first-order chi connectivity index (χ1) is 12.3. The van der Waals surface area contributed by atoms with Gasteiger partial charge in [-0.3, -0.25) is 9.79 Å². The van der Waals surface area contributed by atoms with E-state index in [0.717, 1.165) is 22.4 Å². The molecule has 0 heterocycles. The highest BCUT2D eigenvalue weighted by atomic mass is 16.5. The van der Waals surface area contributed by atoms with Crippen LogP contribution >= 0.6 is 0 Å².